The minimum Gasteiger partial charge on any atom is -0.504 e. The van der Waals surface area contributed by atoms with Crippen molar-refractivity contribution in [1.82, 2.24) is 4.98 Å². The average molecular weight is 388 g/mol. The molecule has 0 fully saturated rings. The minimum atomic E-state index is -0.263. The van der Waals surface area contributed by atoms with Crippen LogP contribution >= 0.6 is 0 Å². The van der Waals surface area contributed by atoms with Gasteiger partial charge in [0, 0.05) is 28.6 Å². The average Bonchev–Trinajstić information content (AvgIpc) is 3.10. The zero-order valence-electron chi connectivity index (χ0n) is 16.5. The van der Waals surface area contributed by atoms with E-state index < -0.39 is 0 Å². The van der Waals surface area contributed by atoms with Crippen LogP contribution in [0.15, 0.2) is 65.5 Å². The van der Waals surface area contributed by atoms with Gasteiger partial charge in [-0.15, -0.1) is 5.11 Å². The van der Waals surface area contributed by atoms with Gasteiger partial charge in [0.1, 0.15) is 0 Å². The number of hydrogen-bond donors (Lipinski definition) is 4. The molecule has 1 aliphatic heterocycles. The molecule has 0 radical (unpaired) electrons. The fraction of sp³-hybridized carbons (Fsp3) is 0.217. The van der Waals surface area contributed by atoms with Crippen LogP contribution in [0.1, 0.15) is 48.6 Å². The summed E-state index contributed by atoms with van der Waals surface area (Å²) in [5, 5.41) is 32.2. The fourth-order valence-electron chi connectivity index (χ4n) is 3.51. The van der Waals surface area contributed by atoms with E-state index in [1.54, 1.807) is 12.1 Å². The van der Waals surface area contributed by atoms with Crippen molar-refractivity contribution in [2.75, 3.05) is 5.32 Å². The van der Waals surface area contributed by atoms with E-state index in [9.17, 15) is 10.2 Å². The van der Waals surface area contributed by atoms with Crippen molar-refractivity contribution in [3.63, 3.8) is 0 Å². The van der Waals surface area contributed by atoms with E-state index in [2.05, 4.69) is 34.0 Å². The molecule has 148 valence electrons. The molecule has 1 aliphatic rings. The van der Waals surface area contributed by atoms with Gasteiger partial charge in [0.15, 0.2) is 17.3 Å². The standard InChI is InChI=1S/C23H24N4O2/c1-4-13(2)26-27-23-21-14(3)16-7-5-6-8-18(16)25-22(17(21)12-24-23)15-9-10-19(28)20(29)11-15/h5-13,22,24-25,28-29H,3-4H2,1-2H3. The monoisotopic (exact) mass is 388 g/mol. The zero-order valence-corrected chi connectivity index (χ0v) is 16.5. The summed E-state index contributed by atoms with van der Waals surface area (Å²) in [5.41, 5.74) is 5.44. The summed E-state index contributed by atoms with van der Waals surface area (Å²) in [4.78, 5) is 3.24. The molecule has 0 saturated carbocycles. The lowest BCUT2D eigenvalue weighted by Crippen LogP contribution is -2.11. The van der Waals surface area contributed by atoms with Crippen molar-refractivity contribution in [2.24, 2.45) is 10.2 Å². The van der Waals surface area contributed by atoms with Crippen LogP contribution in [0.2, 0.25) is 0 Å². The molecule has 2 aromatic carbocycles. The first kappa shape index (κ1) is 18.8. The number of para-hydroxylation sites is 1. The third kappa shape index (κ3) is 3.38. The number of aromatic hydroxyl groups is 2. The largest absolute Gasteiger partial charge is 0.504 e. The maximum absolute atomic E-state index is 10.0. The Kier molecular flexibility index (Phi) is 4.84. The molecule has 0 amide bonds. The molecule has 4 rings (SSSR count). The molecule has 2 heterocycles. The SMILES string of the molecule is C=C1c2ccccc2NC(c2ccc(O)c(O)c2)c2c[nH]c(N=NC(C)CC)c21. The third-order valence-corrected chi connectivity index (χ3v) is 5.33. The Hall–Kier alpha value is -3.54. The Morgan fingerprint density at radius 2 is 1.93 bits per heavy atom. The zero-order chi connectivity index (χ0) is 20.5. The van der Waals surface area contributed by atoms with Gasteiger partial charge in [-0.1, -0.05) is 37.8 Å². The lowest BCUT2D eigenvalue weighted by Gasteiger charge is -2.19. The molecule has 6 heteroatoms. The van der Waals surface area contributed by atoms with Crippen molar-refractivity contribution in [2.45, 2.75) is 32.4 Å². The Balaban J connectivity index is 1.90. The van der Waals surface area contributed by atoms with Crippen LogP contribution in [0.4, 0.5) is 11.5 Å². The van der Waals surface area contributed by atoms with Crippen LogP contribution in [0, 0.1) is 0 Å². The van der Waals surface area contributed by atoms with E-state index in [0.717, 1.165) is 39.9 Å². The summed E-state index contributed by atoms with van der Waals surface area (Å²) in [6.45, 7) is 8.45. The van der Waals surface area contributed by atoms with Crippen LogP contribution in [0.3, 0.4) is 0 Å². The highest BCUT2D eigenvalue weighted by Crippen LogP contribution is 2.45. The molecule has 0 saturated heterocycles. The van der Waals surface area contributed by atoms with Crippen LogP contribution in [-0.2, 0) is 0 Å². The first-order valence-electron chi connectivity index (χ1n) is 9.68. The molecule has 2 unspecified atom stereocenters. The second kappa shape index (κ2) is 7.47. The Bertz CT molecular complexity index is 1100. The van der Waals surface area contributed by atoms with Gasteiger partial charge in [0.05, 0.1) is 12.1 Å². The van der Waals surface area contributed by atoms with E-state index in [1.807, 2.05) is 37.4 Å². The molecular weight excluding hydrogens is 364 g/mol. The highest BCUT2D eigenvalue weighted by Gasteiger charge is 2.29. The van der Waals surface area contributed by atoms with Gasteiger partial charge in [-0.2, -0.15) is 5.11 Å². The lowest BCUT2D eigenvalue weighted by molar-refractivity contribution is 0.403. The number of benzene rings is 2. The van der Waals surface area contributed by atoms with Crippen molar-refractivity contribution in [1.29, 1.82) is 0 Å². The summed E-state index contributed by atoms with van der Waals surface area (Å²) < 4.78 is 0. The van der Waals surface area contributed by atoms with E-state index in [0.29, 0.717) is 5.82 Å². The van der Waals surface area contributed by atoms with Crippen LogP contribution in [0.25, 0.3) is 5.57 Å². The maximum Gasteiger partial charge on any atom is 0.160 e. The van der Waals surface area contributed by atoms with Gasteiger partial charge < -0.3 is 20.5 Å². The molecule has 4 N–H and O–H groups in total. The number of rotatable bonds is 4. The number of aromatic nitrogens is 1. The number of nitrogens with zero attached hydrogens (tertiary/aromatic N) is 2. The molecular formula is C23H24N4O2. The Morgan fingerprint density at radius 3 is 2.69 bits per heavy atom. The predicted molar refractivity (Wildman–Crippen MR) is 115 cm³/mol. The van der Waals surface area contributed by atoms with Crippen molar-refractivity contribution < 1.29 is 10.2 Å². The normalized spacial score (nSPS) is 16.8. The molecule has 6 nitrogen and oxygen atoms in total. The maximum atomic E-state index is 10.0. The molecule has 29 heavy (non-hydrogen) atoms. The molecule has 0 bridgehead atoms. The van der Waals surface area contributed by atoms with Gasteiger partial charge in [0.25, 0.3) is 0 Å². The number of anilines is 1. The van der Waals surface area contributed by atoms with Crippen LogP contribution < -0.4 is 5.32 Å². The van der Waals surface area contributed by atoms with Gasteiger partial charge in [-0.25, -0.2) is 0 Å². The summed E-state index contributed by atoms with van der Waals surface area (Å²) in [6.07, 6.45) is 2.81. The van der Waals surface area contributed by atoms with E-state index in [4.69, 9.17) is 0 Å². The fourth-order valence-corrected chi connectivity index (χ4v) is 3.51. The number of phenolic OH excluding ortho intramolecular Hbond substituents is 2. The second-order valence-electron chi connectivity index (χ2n) is 7.29. The molecule has 3 aromatic rings. The number of phenols is 2. The van der Waals surface area contributed by atoms with Gasteiger partial charge in [0.2, 0.25) is 0 Å². The highest BCUT2D eigenvalue weighted by molar-refractivity contribution is 5.92. The summed E-state index contributed by atoms with van der Waals surface area (Å²) >= 11 is 0. The van der Waals surface area contributed by atoms with E-state index in [-0.39, 0.29) is 23.6 Å². The molecule has 0 spiro atoms. The number of nitrogens with one attached hydrogen (secondary N) is 2. The highest BCUT2D eigenvalue weighted by atomic mass is 16.3. The second-order valence-corrected chi connectivity index (χ2v) is 7.29. The topological polar surface area (TPSA) is 93.0 Å². The van der Waals surface area contributed by atoms with Gasteiger partial charge in [-0.3, -0.25) is 0 Å². The summed E-state index contributed by atoms with van der Waals surface area (Å²) in [7, 11) is 0. The number of hydrogen-bond acceptors (Lipinski definition) is 5. The van der Waals surface area contributed by atoms with Gasteiger partial charge in [-0.05, 0) is 42.7 Å². The first-order valence-corrected chi connectivity index (χ1v) is 9.68. The first-order chi connectivity index (χ1) is 14.0. The van der Waals surface area contributed by atoms with E-state index in [1.165, 1.54) is 6.07 Å². The van der Waals surface area contributed by atoms with Crippen molar-refractivity contribution in [3.8, 4) is 11.5 Å². The van der Waals surface area contributed by atoms with Crippen molar-refractivity contribution in [3.05, 3.63) is 77.5 Å². The molecule has 2 atom stereocenters. The molecule has 0 aliphatic carbocycles. The number of azo groups is 1. The van der Waals surface area contributed by atoms with E-state index >= 15 is 0 Å². The molecule has 1 aromatic heterocycles. The smallest absolute Gasteiger partial charge is 0.160 e. The number of H-pyrrole nitrogens is 1. The van der Waals surface area contributed by atoms with Crippen molar-refractivity contribution >= 4 is 17.1 Å². The number of aromatic amines is 1. The Labute approximate surface area is 169 Å². The van der Waals surface area contributed by atoms with Gasteiger partial charge >= 0.3 is 0 Å². The van der Waals surface area contributed by atoms with Crippen LogP contribution in [-0.4, -0.2) is 21.2 Å². The quantitative estimate of drug-likeness (QED) is 0.332. The third-order valence-electron chi connectivity index (χ3n) is 5.33. The van der Waals surface area contributed by atoms with Crippen LogP contribution in [0.5, 0.6) is 11.5 Å². The minimum absolute atomic E-state index is 0.128. The summed E-state index contributed by atoms with van der Waals surface area (Å²) in [6, 6.07) is 12.7. The lowest BCUT2D eigenvalue weighted by atomic mass is 9.94. The predicted octanol–water partition coefficient (Wildman–Crippen LogP) is 5.88. The summed E-state index contributed by atoms with van der Waals surface area (Å²) in [5.74, 6) is 0.357. The Morgan fingerprint density at radius 1 is 1.14 bits per heavy atom. The number of fused-ring (bicyclic) bond motifs is 2.